The molecule has 0 radical (unpaired) electrons. The van der Waals surface area contributed by atoms with E-state index in [-0.39, 0.29) is 11.9 Å². The Hall–Kier alpha value is -1.79. The van der Waals surface area contributed by atoms with Crippen molar-refractivity contribution in [2.45, 2.75) is 23.4 Å². The number of fused-ring (bicyclic) bond motifs is 1. The molecule has 0 fully saturated rings. The van der Waals surface area contributed by atoms with E-state index < -0.39 is 6.04 Å². The second-order valence-corrected chi connectivity index (χ2v) is 6.30. The van der Waals surface area contributed by atoms with E-state index in [1.807, 2.05) is 30.9 Å². The van der Waals surface area contributed by atoms with Crippen LogP contribution in [-0.2, 0) is 11.8 Å². The van der Waals surface area contributed by atoms with Gasteiger partial charge in [-0.3, -0.25) is 9.48 Å². The molecule has 6 heteroatoms. The van der Waals surface area contributed by atoms with Crippen LogP contribution in [0.5, 0.6) is 0 Å². The third-order valence-corrected chi connectivity index (χ3v) is 4.76. The zero-order valence-corrected chi connectivity index (χ0v) is 12.6. The molecule has 0 bridgehead atoms. The minimum atomic E-state index is -0.680. The van der Waals surface area contributed by atoms with Gasteiger partial charge in [0.05, 0.1) is 12.2 Å². The number of nitrogens with one attached hydrogen (secondary N) is 1. The number of hydrogen-bond acceptors (Lipinski definition) is 4. The van der Waals surface area contributed by atoms with E-state index in [0.29, 0.717) is 0 Å². The molecule has 2 heterocycles. The molecule has 0 aliphatic carbocycles. The van der Waals surface area contributed by atoms with Gasteiger partial charge in [0, 0.05) is 29.5 Å². The highest BCUT2D eigenvalue weighted by atomic mass is 32.2. The van der Waals surface area contributed by atoms with E-state index >= 15 is 0 Å². The van der Waals surface area contributed by atoms with E-state index in [2.05, 4.69) is 22.5 Å². The number of aryl methyl sites for hydroxylation is 1. The molecular weight excluding hydrogens is 284 g/mol. The summed E-state index contributed by atoms with van der Waals surface area (Å²) in [4.78, 5) is 13.6. The molecule has 21 heavy (non-hydrogen) atoms. The number of hydrogen-bond donors (Lipinski definition) is 2. The molecule has 2 aromatic rings. The molecule has 1 aliphatic rings. The largest absolute Gasteiger partial charge is 0.348 e. The van der Waals surface area contributed by atoms with Crippen molar-refractivity contribution in [3.63, 3.8) is 0 Å². The maximum Gasteiger partial charge on any atom is 0.242 e. The zero-order chi connectivity index (χ0) is 14.8. The molecular formula is C15H18N4OS. The fraction of sp³-hybridized carbons (Fsp3) is 0.333. The lowest BCUT2D eigenvalue weighted by Crippen LogP contribution is -2.37. The Labute approximate surface area is 127 Å². The minimum absolute atomic E-state index is 0.0395. The van der Waals surface area contributed by atoms with Crippen LogP contribution in [0.2, 0.25) is 0 Å². The third-order valence-electron chi connectivity index (χ3n) is 3.64. The highest BCUT2D eigenvalue weighted by Gasteiger charge is 2.25. The molecule has 1 aromatic heterocycles. The van der Waals surface area contributed by atoms with Gasteiger partial charge in [-0.1, -0.05) is 18.2 Å². The summed E-state index contributed by atoms with van der Waals surface area (Å²) in [7, 11) is 1.81. The molecule has 2 unspecified atom stereocenters. The molecule has 0 saturated carbocycles. The summed E-state index contributed by atoms with van der Waals surface area (Å²) in [5.41, 5.74) is 7.93. The van der Waals surface area contributed by atoms with E-state index in [1.165, 1.54) is 10.5 Å². The Morgan fingerprint density at radius 2 is 2.33 bits per heavy atom. The van der Waals surface area contributed by atoms with Crippen molar-refractivity contribution >= 4 is 17.7 Å². The number of nitrogens with two attached hydrogens (primary N) is 1. The molecule has 5 nitrogen and oxygen atoms in total. The fourth-order valence-corrected chi connectivity index (χ4v) is 3.63. The molecule has 0 spiro atoms. The van der Waals surface area contributed by atoms with Crippen LogP contribution in [0.25, 0.3) is 0 Å². The molecule has 2 atom stereocenters. The van der Waals surface area contributed by atoms with Crippen LogP contribution in [-0.4, -0.2) is 21.4 Å². The standard InChI is InChI=1S/C15H18N4OS/c1-19-9-10(8-17-19)14(16)15(20)18-12-6-7-21-13-5-3-2-4-11(12)13/h2-5,8-9,12,14H,6-7,16H2,1H3,(H,18,20). The first kappa shape index (κ1) is 14.2. The van der Waals surface area contributed by atoms with E-state index in [1.54, 1.807) is 17.1 Å². The number of aromatic nitrogens is 2. The first-order valence-corrected chi connectivity index (χ1v) is 7.90. The number of benzene rings is 1. The van der Waals surface area contributed by atoms with Gasteiger partial charge in [-0.15, -0.1) is 11.8 Å². The second kappa shape index (κ2) is 5.91. The van der Waals surface area contributed by atoms with E-state index in [0.717, 1.165) is 17.7 Å². The molecule has 3 N–H and O–H groups in total. The normalized spacial score (nSPS) is 18.9. The van der Waals surface area contributed by atoms with Crippen LogP contribution in [0, 0.1) is 0 Å². The Bertz CT molecular complexity index is 655. The summed E-state index contributed by atoms with van der Waals surface area (Å²) < 4.78 is 1.65. The van der Waals surface area contributed by atoms with Crippen molar-refractivity contribution in [3.8, 4) is 0 Å². The van der Waals surface area contributed by atoms with Gasteiger partial charge < -0.3 is 11.1 Å². The maximum atomic E-state index is 12.4. The quantitative estimate of drug-likeness (QED) is 0.906. The fourth-order valence-electron chi connectivity index (χ4n) is 2.51. The number of carbonyl (C=O) groups is 1. The predicted octanol–water partition coefficient (Wildman–Crippen LogP) is 1.77. The average molecular weight is 302 g/mol. The Balaban J connectivity index is 1.74. The van der Waals surface area contributed by atoms with Crippen LogP contribution in [0.3, 0.4) is 0 Å². The topological polar surface area (TPSA) is 72.9 Å². The summed E-state index contributed by atoms with van der Waals surface area (Å²) in [6.07, 6.45) is 4.33. The molecule has 3 rings (SSSR count). The third kappa shape index (κ3) is 2.96. The van der Waals surface area contributed by atoms with Gasteiger partial charge in [0.15, 0.2) is 0 Å². The average Bonchev–Trinajstić information content (AvgIpc) is 2.93. The van der Waals surface area contributed by atoms with Crippen molar-refractivity contribution in [2.75, 3.05) is 5.75 Å². The number of rotatable bonds is 3. The van der Waals surface area contributed by atoms with Gasteiger partial charge in [0.25, 0.3) is 0 Å². The smallest absolute Gasteiger partial charge is 0.242 e. The highest BCUT2D eigenvalue weighted by Crippen LogP contribution is 2.35. The lowest BCUT2D eigenvalue weighted by atomic mass is 10.0. The van der Waals surface area contributed by atoms with Crippen LogP contribution in [0.1, 0.15) is 29.6 Å². The summed E-state index contributed by atoms with van der Waals surface area (Å²) >= 11 is 1.83. The Kier molecular flexibility index (Phi) is 3.98. The van der Waals surface area contributed by atoms with Crippen molar-refractivity contribution in [1.82, 2.24) is 15.1 Å². The van der Waals surface area contributed by atoms with Gasteiger partial charge in [-0.2, -0.15) is 5.10 Å². The van der Waals surface area contributed by atoms with Crippen molar-refractivity contribution < 1.29 is 4.79 Å². The first-order chi connectivity index (χ1) is 10.1. The number of nitrogens with zero attached hydrogens (tertiary/aromatic N) is 2. The lowest BCUT2D eigenvalue weighted by Gasteiger charge is -2.26. The van der Waals surface area contributed by atoms with Crippen LogP contribution < -0.4 is 11.1 Å². The van der Waals surface area contributed by atoms with Crippen LogP contribution >= 0.6 is 11.8 Å². The molecule has 1 aromatic carbocycles. The Morgan fingerprint density at radius 1 is 1.52 bits per heavy atom. The van der Waals surface area contributed by atoms with Crippen molar-refractivity contribution in [3.05, 3.63) is 47.8 Å². The van der Waals surface area contributed by atoms with Crippen molar-refractivity contribution in [2.24, 2.45) is 12.8 Å². The molecule has 110 valence electrons. The zero-order valence-electron chi connectivity index (χ0n) is 11.8. The maximum absolute atomic E-state index is 12.4. The van der Waals surface area contributed by atoms with Gasteiger partial charge >= 0.3 is 0 Å². The van der Waals surface area contributed by atoms with Gasteiger partial charge in [-0.05, 0) is 18.1 Å². The van der Waals surface area contributed by atoms with E-state index in [4.69, 9.17) is 5.73 Å². The van der Waals surface area contributed by atoms with Crippen molar-refractivity contribution in [1.29, 1.82) is 0 Å². The summed E-state index contributed by atoms with van der Waals surface area (Å²) in [5.74, 6) is 0.846. The van der Waals surface area contributed by atoms with Gasteiger partial charge in [0.2, 0.25) is 5.91 Å². The Morgan fingerprint density at radius 3 is 3.10 bits per heavy atom. The van der Waals surface area contributed by atoms with Gasteiger partial charge in [0.1, 0.15) is 6.04 Å². The second-order valence-electron chi connectivity index (χ2n) is 5.16. The minimum Gasteiger partial charge on any atom is -0.348 e. The number of carbonyl (C=O) groups excluding carboxylic acids is 1. The number of thioether (sulfide) groups is 1. The van der Waals surface area contributed by atoms with E-state index in [9.17, 15) is 4.79 Å². The SMILES string of the molecule is Cn1cc(C(N)C(=O)NC2CCSc3ccccc32)cn1. The summed E-state index contributed by atoms with van der Waals surface area (Å²) in [6.45, 7) is 0. The molecule has 1 amide bonds. The number of amides is 1. The van der Waals surface area contributed by atoms with Gasteiger partial charge in [-0.25, -0.2) is 0 Å². The molecule has 1 aliphatic heterocycles. The van der Waals surface area contributed by atoms with Crippen LogP contribution in [0.15, 0.2) is 41.6 Å². The molecule has 0 saturated heterocycles. The monoisotopic (exact) mass is 302 g/mol. The summed E-state index contributed by atoms with van der Waals surface area (Å²) in [5, 5.41) is 7.12. The highest BCUT2D eigenvalue weighted by molar-refractivity contribution is 7.99. The summed E-state index contributed by atoms with van der Waals surface area (Å²) in [6, 6.07) is 7.56. The first-order valence-electron chi connectivity index (χ1n) is 6.91. The lowest BCUT2D eigenvalue weighted by molar-refractivity contribution is -0.123. The van der Waals surface area contributed by atoms with Crippen LogP contribution in [0.4, 0.5) is 0 Å². The predicted molar refractivity (Wildman–Crippen MR) is 82.8 cm³/mol.